The average Bonchev–Trinajstić information content (AvgIpc) is 2.29. The number of hydrogen-bond donors (Lipinski definition) is 0. The molecule has 0 aliphatic heterocycles. The molecule has 0 bridgehead atoms. The minimum atomic E-state index is 0.740. The zero-order chi connectivity index (χ0) is 10.9. The zero-order valence-electron chi connectivity index (χ0n) is 9.24. The van der Waals surface area contributed by atoms with Gasteiger partial charge in [0.2, 0.25) is 0 Å². The van der Waals surface area contributed by atoms with Crippen molar-refractivity contribution in [1.82, 2.24) is 0 Å². The molecule has 0 aliphatic rings. The van der Waals surface area contributed by atoms with Crippen LogP contribution in [0, 0.1) is 0 Å². The fourth-order valence-electron chi connectivity index (χ4n) is 1.27. The Morgan fingerprint density at radius 3 is 2.80 bits per heavy atom. The van der Waals surface area contributed by atoms with E-state index in [2.05, 4.69) is 6.58 Å². The monoisotopic (exact) mass is 206 g/mol. The number of benzene rings is 1. The van der Waals surface area contributed by atoms with Crippen molar-refractivity contribution in [2.24, 2.45) is 0 Å². The van der Waals surface area contributed by atoms with Gasteiger partial charge in [-0.1, -0.05) is 24.8 Å². The summed E-state index contributed by atoms with van der Waals surface area (Å²) in [5.74, 6) is 0.907. The van der Waals surface area contributed by atoms with Crippen LogP contribution in [0.3, 0.4) is 0 Å². The lowest BCUT2D eigenvalue weighted by molar-refractivity contribution is 0.184. The maximum absolute atomic E-state index is 5.59. The van der Waals surface area contributed by atoms with Crippen molar-refractivity contribution in [3.8, 4) is 5.75 Å². The van der Waals surface area contributed by atoms with E-state index in [1.807, 2.05) is 30.3 Å². The highest BCUT2D eigenvalue weighted by atomic mass is 16.5. The van der Waals surface area contributed by atoms with Crippen LogP contribution in [0.4, 0.5) is 0 Å². The Morgan fingerprint density at radius 1 is 1.27 bits per heavy atom. The van der Waals surface area contributed by atoms with E-state index >= 15 is 0 Å². The van der Waals surface area contributed by atoms with Crippen LogP contribution < -0.4 is 4.74 Å². The molecular formula is C13H18O2. The smallest absolute Gasteiger partial charge is 0.119 e. The number of rotatable bonds is 7. The van der Waals surface area contributed by atoms with E-state index < -0.39 is 0 Å². The normalized spacial score (nSPS) is 9.93. The molecule has 0 radical (unpaired) electrons. The average molecular weight is 206 g/mol. The topological polar surface area (TPSA) is 18.5 Å². The summed E-state index contributed by atoms with van der Waals surface area (Å²) in [6.45, 7) is 5.26. The molecule has 82 valence electrons. The highest BCUT2D eigenvalue weighted by molar-refractivity contribution is 5.49. The largest absolute Gasteiger partial charge is 0.494 e. The van der Waals surface area contributed by atoms with Crippen LogP contribution in [0.5, 0.6) is 5.75 Å². The van der Waals surface area contributed by atoms with Crippen molar-refractivity contribution in [1.29, 1.82) is 0 Å². The quantitative estimate of drug-likeness (QED) is 0.638. The maximum Gasteiger partial charge on any atom is 0.119 e. The maximum atomic E-state index is 5.59. The summed E-state index contributed by atoms with van der Waals surface area (Å²) in [6, 6.07) is 7.93. The van der Waals surface area contributed by atoms with Crippen LogP contribution in [0.1, 0.15) is 18.4 Å². The Bertz CT molecular complexity index is 294. The van der Waals surface area contributed by atoms with Crippen LogP contribution >= 0.6 is 0 Å². The highest BCUT2D eigenvalue weighted by Crippen LogP contribution is 2.14. The lowest BCUT2D eigenvalue weighted by Gasteiger charge is -2.06. The lowest BCUT2D eigenvalue weighted by Crippen LogP contribution is -1.99. The van der Waals surface area contributed by atoms with Gasteiger partial charge in [-0.2, -0.15) is 0 Å². The van der Waals surface area contributed by atoms with E-state index in [1.165, 1.54) is 0 Å². The minimum absolute atomic E-state index is 0.740. The van der Waals surface area contributed by atoms with Crippen LogP contribution in [-0.2, 0) is 4.74 Å². The van der Waals surface area contributed by atoms with E-state index in [4.69, 9.17) is 9.47 Å². The molecule has 0 heterocycles. The molecule has 2 nitrogen and oxygen atoms in total. The molecule has 15 heavy (non-hydrogen) atoms. The Labute approximate surface area is 91.5 Å². The third-order valence-electron chi connectivity index (χ3n) is 2.11. The fraction of sp³-hybridized carbons (Fsp3) is 0.385. The Balaban J connectivity index is 2.27. The van der Waals surface area contributed by atoms with Gasteiger partial charge in [-0.25, -0.2) is 0 Å². The zero-order valence-corrected chi connectivity index (χ0v) is 9.24. The van der Waals surface area contributed by atoms with E-state index in [9.17, 15) is 0 Å². The van der Waals surface area contributed by atoms with Gasteiger partial charge in [-0.05, 0) is 30.5 Å². The number of ether oxygens (including phenoxy) is 2. The van der Waals surface area contributed by atoms with Gasteiger partial charge >= 0.3 is 0 Å². The molecule has 1 rings (SSSR count). The molecule has 2 heteroatoms. The molecule has 0 unspecified atom stereocenters. The molecular weight excluding hydrogens is 188 g/mol. The molecule has 0 saturated heterocycles. The minimum Gasteiger partial charge on any atom is -0.494 e. The molecule has 0 atom stereocenters. The van der Waals surface area contributed by atoms with Crippen molar-refractivity contribution >= 4 is 6.08 Å². The number of methoxy groups -OCH3 is 1. The van der Waals surface area contributed by atoms with Gasteiger partial charge in [0.25, 0.3) is 0 Å². The molecule has 1 aromatic rings. The number of unbranched alkanes of at least 4 members (excludes halogenated alkanes) is 1. The van der Waals surface area contributed by atoms with Gasteiger partial charge in [-0.3, -0.25) is 0 Å². The fourth-order valence-corrected chi connectivity index (χ4v) is 1.27. The first-order chi connectivity index (χ1) is 7.36. The predicted octanol–water partition coefficient (Wildman–Crippen LogP) is 3.14. The second-order valence-corrected chi connectivity index (χ2v) is 3.32. The summed E-state index contributed by atoms with van der Waals surface area (Å²) in [6.07, 6.45) is 3.88. The van der Waals surface area contributed by atoms with Gasteiger partial charge in [-0.15, -0.1) is 0 Å². The predicted molar refractivity (Wildman–Crippen MR) is 63.1 cm³/mol. The van der Waals surface area contributed by atoms with E-state index in [1.54, 1.807) is 7.11 Å². The standard InChI is InChI=1S/C13H18O2/c1-3-12-7-6-8-13(11-12)15-10-5-4-9-14-2/h3,6-8,11H,1,4-5,9-10H2,2H3. The van der Waals surface area contributed by atoms with Crippen LogP contribution in [0.2, 0.25) is 0 Å². The van der Waals surface area contributed by atoms with Crippen molar-refractivity contribution in [2.45, 2.75) is 12.8 Å². The van der Waals surface area contributed by atoms with Crippen LogP contribution in [-0.4, -0.2) is 20.3 Å². The van der Waals surface area contributed by atoms with E-state index in [0.29, 0.717) is 0 Å². The van der Waals surface area contributed by atoms with Gasteiger partial charge < -0.3 is 9.47 Å². The molecule has 0 saturated carbocycles. The number of hydrogen-bond acceptors (Lipinski definition) is 2. The molecule has 0 N–H and O–H groups in total. The SMILES string of the molecule is C=Cc1cccc(OCCCCOC)c1. The molecule has 0 aliphatic carbocycles. The summed E-state index contributed by atoms with van der Waals surface area (Å²) < 4.78 is 10.6. The Hall–Kier alpha value is -1.28. The summed E-state index contributed by atoms with van der Waals surface area (Å²) in [7, 11) is 1.72. The second-order valence-electron chi connectivity index (χ2n) is 3.32. The third kappa shape index (κ3) is 4.66. The Kier molecular flexibility index (Phi) is 5.56. The molecule has 0 amide bonds. The van der Waals surface area contributed by atoms with Crippen molar-refractivity contribution in [3.05, 3.63) is 36.4 Å². The molecule has 0 aromatic heterocycles. The molecule has 1 aromatic carbocycles. The van der Waals surface area contributed by atoms with Crippen LogP contribution in [0.15, 0.2) is 30.8 Å². The van der Waals surface area contributed by atoms with Crippen molar-refractivity contribution < 1.29 is 9.47 Å². The van der Waals surface area contributed by atoms with Crippen molar-refractivity contribution in [2.75, 3.05) is 20.3 Å². The summed E-state index contributed by atoms with van der Waals surface area (Å²) in [4.78, 5) is 0. The Morgan fingerprint density at radius 2 is 2.07 bits per heavy atom. The van der Waals surface area contributed by atoms with Gasteiger partial charge in [0.15, 0.2) is 0 Å². The van der Waals surface area contributed by atoms with E-state index in [-0.39, 0.29) is 0 Å². The van der Waals surface area contributed by atoms with Gasteiger partial charge in [0, 0.05) is 13.7 Å². The molecule has 0 fully saturated rings. The van der Waals surface area contributed by atoms with Gasteiger partial charge in [0.05, 0.1) is 6.61 Å². The molecule has 0 spiro atoms. The highest BCUT2D eigenvalue weighted by Gasteiger charge is 1.94. The van der Waals surface area contributed by atoms with Gasteiger partial charge in [0.1, 0.15) is 5.75 Å². The first-order valence-corrected chi connectivity index (χ1v) is 5.21. The first kappa shape index (κ1) is 11.8. The third-order valence-corrected chi connectivity index (χ3v) is 2.11. The summed E-state index contributed by atoms with van der Waals surface area (Å²) in [5, 5.41) is 0. The lowest BCUT2D eigenvalue weighted by atomic mass is 10.2. The van der Waals surface area contributed by atoms with Crippen LogP contribution in [0.25, 0.3) is 6.08 Å². The summed E-state index contributed by atoms with van der Waals surface area (Å²) >= 11 is 0. The summed E-state index contributed by atoms with van der Waals surface area (Å²) in [5.41, 5.74) is 1.09. The second kappa shape index (κ2) is 7.07. The van der Waals surface area contributed by atoms with E-state index in [0.717, 1.165) is 37.4 Å². The first-order valence-electron chi connectivity index (χ1n) is 5.21. The van der Waals surface area contributed by atoms with Crippen molar-refractivity contribution in [3.63, 3.8) is 0 Å².